The maximum Gasteiger partial charge on any atom is 0.190 e. The van der Waals surface area contributed by atoms with Crippen LogP contribution in [0.4, 0.5) is 0 Å². The van der Waals surface area contributed by atoms with Gasteiger partial charge in [0.05, 0.1) is 18.3 Å². The van der Waals surface area contributed by atoms with Crippen molar-refractivity contribution in [2.45, 2.75) is 81.1 Å². The van der Waals surface area contributed by atoms with E-state index in [1.807, 2.05) is 24.3 Å². The fourth-order valence-corrected chi connectivity index (χ4v) is 5.80. The monoisotopic (exact) mass is 392 g/mol. The van der Waals surface area contributed by atoms with E-state index in [4.69, 9.17) is 35.3 Å². The Morgan fingerprint density at radius 1 is 0.889 bits per heavy atom. The zero-order chi connectivity index (χ0) is 18.0. The summed E-state index contributed by atoms with van der Waals surface area (Å²) < 4.78 is 31.8. The van der Waals surface area contributed by atoms with Gasteiger partial charge in [0.1, 0.15) is 12.2 Å². The minimum Gasteiger partial charge on any atom is -0.373 e. The molecule has 6 rings (SSSR count). The molecule has 0 aromatic heterocycles. The van der Waals surface area contributed by atoms with Gasteiger partial charge in [0.2, 0.25) is 0 Å². The van der Waals surface area contributed by atoms with Gasteiger partial charge in [0.15, 0.2) is 12.1 Å². The Morgan fingerprint density at radius 3 is 2.52 bits per heavy atom. The van der Waals surface area contributed by atoms with Crippen molar-refractivity contribution in [1.29, 1.82) is 0 Å². The van der Waals surface area contributed by atoms with Crippen LogP contribution in [0.5, 0.6) is 0 Å². The van der Waals surface area contributed by atoms with Crippen LogP contribution >= 0.6 is 11.6 Å². The third-order valence-corrected chi connectivity index (χ3v) is 7.14. The minimum absolute atomic E-state index is 0.0431. The molecule has 1 aromatic carbocycles. The highest BCUT2D eigenvalue weighted by Gasteiger charge is 2.65. The van der Waals surface area contributed by atoms with Crippen LogP contribution in [-0.4, -0.2) is 43.1 Å². The number of halogens is 1. The van der Waals surface area contributed by atoms with Crippen molar-refractivity contribution >= 4 is 11.6 Å². The summed E-state index contributed by atoms with van der Waals surface area (Å²) in [5.41, 5.74) is 1.13. The molecule has 7 atom stereocenters. The van der Waals surface area contributed by atoms with Crippen LogP contribution in [0.15, 0.2) is 24.3 Å². The average Bonchev–Trinajstić information content (AvgIpc) is 3.30. The predicted octanol–water partition coefficient (Wildman–Crippen LogP) is 3.99. The standard InChI is InChI=1S/C21H25ClO5/c22-13-6-4-12(5-7-13)16-15-14(8-11-23-16)24-18-17(15)25-20-19(18)26-21(27-20)9-2-1-3-10-21/h4-7,14-20H,1-3,8-11H2/t14-,15-,16-,17+,18-,19+,20+/m0/s1. The van der Waals surface area contributed by atoms with E-state index < -0.39 is 5.79 Å². The van der Waals surface area contributed by atoms with Gasteiger partial charge in [-0.2, -0.15) is 0 Å². The summed E-state index contributed by atoms with van der Waals surface area (Å²) in [6, 6.07) is 7.92. The van der Waals surface area contributed by atoms with E-state index in [0.29, 0.717) is 6.61 Å². The molecule has 4 aliphatic heterocycles. The normalized spacial score (nSPS) is 44.9. The van der Waals surface area contributed by atoms with Crippen molar-refractivity contribution in [2.24, 2.45) is 5.92 Å². The quantitative estimate of drug-likeness (QED) is 0.723. The Morgan fingerprint density at radius 2 is 1.70 bits per heavy atom. The van der Waals surface area contributed by atoms with Gasteiger partial charge >= 0.3 is 0 Å². The highest BCUT2D eigenvalue weighted by Crippen LogP contribution is 2.53. The SMILES string of the molecule is Clc1ccc([C@@H]2OCC[C@@H]3O[C@@H]4[C@H]5OC6(CCCCC6)O[C@H]5O[C@@H]4[C@@H]32)cc1. The summed E-state index contributed by atoms with van der Waals surface area (Å²) in [5.74, 6) is -0.285. The van der Waals surface area contributed by atoms with Crippen molar-refractivity contribution < 1.29 is 23.7 Å². The van der Waals surface area contributed by atoms with Gasteiger partial charge < -0.3 is 23.7 Å². The van der Waals surface area contributed by atoms with Gasteiger partial charge in [-0.05, 0) is 37.0 Å². The first-order valence-corrected chi connectivity index (χ1v) is 10.6. The first-order chi connectivity index (χ1) is 13.2. The van der Waals surface area contributed by atoms with Crippen LogP contribution in [0.3, 0.4) is 0 Å². The van der Waals surface area contributed by atoms with Gasteiger partial charge in [0.25, 0.3) is 0 Å². The predicted molar refractivity (Wildman–Crippen MR) is 97.3 cm³/mol. The molecule has 1 spiro atoms. The van der Waals surface area contributed by atoms with Crippen LogP contribution in [0.25, 0.3) is 0 Å². The molecule has 1 aliphatic carbocycles. The molecule has 4 saturated heterocycles. The molecule has 6 heteroatoms. The number of rotatable bonds is 1. The largest absolute Gasteiger partial charge is 0.373 e. The van der Waals surface area contributed by atoms with E-state index in [1.54, 1.807) is 0 Å². The maximum atomic E-state index is 6.48. The lowest BCUT2D eigenvalue weighted by Gasteiger charge is -2.36. The molecular formula is C21H25ClO5. The van der Waals surface area contributed by atoms with Crippen molar-refractivity contribution in [3.05, 3.63) is 34.9 Å². The lowest BCUT2D eigenvalue weighted by atomic mass is 9.83. The summed E-state index contributed by atoms with van der Waals surface area (Å²) in [6.45, 7) is 0.698. The van der Waals surface area contributed by atoms with Crippen LogP contribution < -0.4 is 0 Å². The third kappa shape index (κ3) is 2.70. The van der Waals surface area contributed by atoms with Crippen LogP contribution in [0, 0.1) is 5.92 Å². The molecule has 5 nitrogen and oxygen atoms in total. The van der Waals surface area contributed by atoms with Crippen LogP contribution in [0.1, 0.15) is 50.2 Å². The number of hydrogen-bond acceptors (Lipinski definition) is 5. The maximum absolute atomic E-state index is 6.48. The number of fused-ring (bicyclic) bond motifs is 5. The molecule has 0 N–H and O–H groups in total. The second-order valence-electron chi connectivity index (χ2n) is 8.49. The molecular weight excluding hydrogens is 368 g/mol. The Kier molecular flexibility index (Phi) is 4.08. The molecule has 27 heavy (non-hydrogen) atoms. The Hall–Kier alpha value is -0.690. The fraction of sp³-hybridized carbons (Fsp3) is 0.714. The molecule has 5 fully saturated rings. The molecule has 146 valence electrons. The van der Waals surface area contributed by atoms with Gasteiger partial charge in [-0.3, -0.25) is 0 Å². The first-order valence-electron chi connectivity index (χ1n) is 10.3. The highest BCUT2D eigenvalue weighted by molar-refractivity contribution is 6.30. The van der Waals surface area contributed by atoms with Crippen molar-refractivity contribution in [2.75, 3.05) is 6.61 Å². The van der Waals surface area contributed by atoms with Crippen LogP contribution in [0.2, 0.25) is 5.02 Å². The number of ether oxygens (including phenoxy) is 5. The molecule has 1 saturated carbocycles. The van der Waals surface area contributed by atoms with Gasteiger partial charge in [-0.15, -0.1) is 0 Å². The summed E-state index contributed by atoms with van der Waals surface area (Å²) in [6.07, 6.45) is 5.95. The van der Waals surface area contributed by atoms with E-state index >= 15 is 0 Å². The minimum atomic E-state index is -0.443. The zero-order valence-electron chi connectivity index (χ0n) is 15.2. The van der Waals surface area contributed by atoms with Crippen molar-refractivity contribution in [3.63, 3.8) is 0 Å². The van der Waals surface area contributed by atoms with Gasteiger partial charge in [-0.1, -0.05) is 30.2 Å². The average molecular weight is 393 g/mol. The summed E-state index contributed by atoms with van der Waals surface area (Å²) >= 11 is 6.06. The Bertz CT molecular complexity index is 703. The van der Waals surface area contributed by atoms with Crippen molar-refractivity contribution in [1.82, 2.24) is 0 Å². The third-order valence-electron chi connectivity index (χ3n) is 6.89. The topological polar surface area (TPSA) is 46.2 Å². The van der Waals surface area contributed by atoms with Crippen molar-refractivity contribution in [3.8, 4) is 0 Å². The summed E-state index contributed by atoms with van der Waals surface area (Å²) in [4.78, 5) is 0. The second kappa shape index (κ2) is 6.41. The summed E-state index contributed by atoms with van der Waals surface area (Å²) in [5, 5.41) is 0.734. The smallest absolute Gasteiger partial charge is 0.190 e. The molecule has 0 bridgehead atoms. The Balaban J connectivity index is 1.25. The van der Waals surface area contributed by atoms with E-state index in [2.05, 4.69) is 0 Å². The molecule has 1 aromatic rings. The van der Waals surface area contributed by atoms with E-state index in [9.17, 15) is 0 Å². The van der Waals surface area contributed by atoms with Gasteiger partial charge in [-0.25, -0.2) is 0 Å². The summed E-state index contributed by atoms with van der Waals surface area (Å²) in [7, 11) is 0. The van der Waals surface area contributed by atoms with E-state index in [-0.39, 0.29) is 42.7 Å². The van der Waals surface area contributed by atoms with Crippen LogP contribution in [-0.2, 0) is 23.7 Å². The second-order valence-corrected chi connectivity index (χ2v) is 8.93. The zero-order valence-corrected chi connectivity index (χ0v) is 16.0. The molecule has 5 aliphatic rings. The molecule has 0 amide bonds. The molecule has 4 heterocycles. The lowest BCUT2D eigenvalue weighted by molar-refractivity contribution is -0.245. The first kappa shape index (κ1) is 17.2. The highest BCUT2D eigenvalue weighted by atomic mass is 35.5. The number of hydrogen-bond donors (Lipinski definition) is 0. The number of benzene rings is 1. The lowest BCUT2D eigenvalue weighted by Crippen LogP contribution is -2.40. The molecule has 0 radical (unpaired) electrons. The fourth-order valence-electron chi connectivity index (χ4n) is 5.67. The molecule has 0 unspecified atom stereocenters. The Labute approximate surface area is 164 Å². The van der Waals surface area contributed by atoms with E-state index in [1.165, 1.54) is 6.42 Å². The van der Waals surface area contributed by atoms with Gasteiger partial charge in [0, 0.05) is 30.4 Å². The van der Waals surface area contributed by atoms with E-state index in [0.717, 1.165) is 42.7 Å².